The van der Waals surface area contributed by atoms with Crippen molar-refractivity contribution >= 4 is 0 Å². The molecule has 1 aliphatic carbocycles. The maximum absolute atomic E-state index is 3.52. The van der Waals surface area contributed by atoms with Gasteiger partial charge in [-0.05, 0) is 48.6 Å². The van der Waals surface area contributed by atoms with Crippen molar-refractivity contribution in [3.05, 3.63) is 70.8 Å². The van der Waals surface area contributed by atoms with Crippen LogP contribution in [0.15, 0.2) is 48.5 Å². The van der Waals surface area contributed by atoms with Crippen molar-refractivity contribution in [1.29, 1.82) is 0 Å². The smallest absolute Gasteiger partial charge is 0.0176 e. The molecule has 3 rings (SSSR count). The molecular formula is C19H23N. The minimum Gasteiger partial charge on any atom is -0.316 e. The summed E-state index contributed by atoms with van der Waals surface area (Å²) in [4.78, 5) is 0. The molecule has 1 aliphatic rings. The lowest BCUT2D eigenvalue weighted by Crippen LogP contribution is -2.39. The van der Waals surface area contributed by atoms with E-state index in [0.717, 1.165) is 12.8 Å². The molecule has 1 nitrogen and oxygen atoms in total. The fourth-order valence-corrected chi connectivity index (χ4v) is 3.27. The predicted molar refractivity (Wildman–Crippen MR) is 85.3 cm³/mol. The maximum atomic E-state index is 3.52. The Labute approximate surface area is 122 Å². The van der Waals surface area contributed by atoms with Crippen molar-refractivity contribution in [2.45, 2.75) is 38.1 Å². The normalized spacial score (nSPS) is 18.2. The topological polar surface area (TPSA) is 12.0 Å². The van der Waals surface area contributed by atoms with Crippen LogP contribution in [0.1, 0.15) is 35.1 Å². The zero-order valence-electron chi connectivity index (χ0n) is 12.4. The van der Waals surface area contributed by atoms with E-state index < -0.39 is 0 Å². The highest BCUT2D eigenvalue weighted by Gasteiger charge is 2.31. The van der Waals surface area contributed by atoms with Crippen molar-refractivity contribution in [1.82, 2.24) is 5.32 Å². The van der Waals surface area contributed by atoms with Gasteiger partial charge in [0.15, 0.2) is 0 Å². The molecule has 1 N–H and O–H groups in total. The average molecular weight is 265 g/mol. The number of aryl methyl sites for hydroxylation is 1. The summed E-state index contributed by atoms with van der Waals surface area (Å²) in [6.07, 6.45) is 3.44. The maximum Gasteiger partial charge on any atom is 0.0176 e. The van der Waals surface area contributed by atoms with Gasteiger partial charge in [-0.25, -0.2) is 0 Å². The van der Waals surface area contributed by atoms with E-state index in [0.29, 0.717) is 12.0 Å². The minimum absolute atomic E-state index is 0.539. The van der Waals surface area contributed by atoms with Crippen molar-refractivity contribution in [2.75, 3.05) is 7.05 Å². The summed E-state index contributed by atoms with van der Waals surface area (Å²) in [5.41, 5.74) is 5.92. The molecule has 0 fully saturated rings. The summed E-state index contributed by atoms with van der Waals surface area (Å²) in [6.45, 7) is 2.21. The summed E-state index contributed by atoms with van der Waals surface area (Å²) < 4.78 is 0. The molecule has 0 saturated carbocycles. The van der Waals surface area contributed by atoms with E-state index >= 15 is 0 Å². The van der Waals surface area contributed by atoms with E-state index in [1.807, 2.05) is 0 Å². The molecule has 0 saturated heterocycles. The first-order valence-electron chi connectivity index (χ1n) is 7.64. The standard InChI is InChI=1S/C19H23N/c1-3-14-8-10-15(11-9-14)12-19(20-2)18-13-16-6-4-5-7-17(16)18/h4-11,18-20H,3,12-13H2,1-2H3. The molecular weight excluding hydrogens is 242 g/mol. The van der Waals surface area contributed by atoms with Crippen LogP contribution in [0.3, 0.4) is 0 Å². The second kappa shape index (κ2) is 5.80. The van der Waals surface area contributed by atoms with Crippen LogP contribution >= 0.6 is 0 Å². The third kappa shape index (κ3) is 2.51. The molecule has 2 aromatic rings. The SMILES string of the molecule is CCc1ccc(CC(NC)C2Cc3ccccc32)cc1. The van der Waals surface area contributed by atoms with Crippen molar-refractivity contribution in [2.24, 2.45) is 0 Å². The highest BCUT2D eigenvalue weighted by molar-refractivity contribution is 5.41. The molecule has 1 heteroatoms. The molecule has 0 spiro atoms. The predicted octanol–water partition coefficient (Wildman–Crippen LogP) is 3.72. The molecule has 0 aliphatic heterocycles. The van der Waals surface area contributed by atoms with Gasteiger partial charge in [0.05, 0.1) is 0 Å². The Bertz CT molecular complexity index is 571. The van der Waals surface area contributed by atoms with Gasteiger partial charge in [0.25, 0.3) is 0 Å². The first-order chi connectivity index (χ1) is 9.81. The Balaban J connectivity index is 1.72. The van der Waals surface area contributed by atoms with Crippen molar-refractivity contribution in [3.63, 3.8) is 0 Å². The zero-order chi connectivity index (χ0) is 13.9. The Morgan fingerprint density at radius 2 is 1.75 bits per heavy atom. The third-order valence-corrected chi connectivity index (χ3v) is 4.64. The van der Waals surface area contributed by atoms with Crippen LogP contribution < -0.4 is 5.32 Å². The Hall–Kier alpha value is -1.60. The van der Waals surface area contributed by atoms with Crippen LogP contribution in [0, 0.1) is 0 Å². The molecule has 2 unspecified atom stereocenters. The first-order valence-corrected chi connectivity index (χ1v) is 7.64. The van der Waals surface area contributed by atoms with Crippen molar-refractivity contribution in [3.8, 4) is 0 Å². The van der Waals surface area contributed by atoms with Gasteiger partial charge in [0, 0.05) is 12.0 Å². The first kappa shape index (κ1) is 13.4. The number of fused-ring (bicyclic) bond motifs is 1. The molecule has 2 atom stereocenters. The van der Waals surface area contributed by atoms with Gasteiger partial charge in [0.1, 0.15) is 0 Å². The molecule has 104 valence electrons. The van der Waals surface area contributed by atoms with Gasteiger partial charge in [0.2, 0.25) is 0 Å². The molecule has 0 amide bonds. The molecule has 0 bridgehead atoms. The lowest BCUT2D eigenvalue weighted by atomic mass is 9.72. The van der Waals surface area contributed by atoms with E-state index in [2.05, 4.69) is 67.8 Å². The molecule has 0 heterocycles. The molecule has 0 radical (unpaired) electrons. The molecule has 2 aromatic carbocycles. The van der Waals surface area contributed by atoms with Gasteiger partial charge < -0.3 is 5.32 Å². The van der Waals surface area contributed by atoms with E-state index in [-0.39, 0.29) is 0 Å². The van der Waals surface area contributed by atoms with Gasteiger partial charge in [-0.15, -0.1) is 0 Å². The molecule has 0 aromatic heterocycles. The van der Waals surface area contributed by atoms with Crippen molar-refractivity contribution < 1.29 is 0 Å². The largest absolute Gasteiger partial charge is 0.316 e. The number of hydrogen-bond donors (Lipinski definition) is 1. The molecule has 20 heavy (non-hydrogen) atoms. The Kier molecular flexibility index (Phi) is 3.88. The highest BCUT2D eigenvalue weighted by Crippen LogP contribution is 2.38. The number of hydrogen-bond acceptors (Lipinski definition) is 1. The monoisotopic (exact) mass is 265 g/mol. The van der Waals surface area contributed by atoms with Gasteiger partial charge in [-0.2, -0.15) is 0 Å². The lowest BCUT2D eigenvalue weighted by Gasteiger charge is -2.36. The Morgan fingerprint density at radius 3 is 2.40 bits per heavy atom. The highest BCUT2D eigenvalue weighted by atomic mass is 14.9. The van der Waals surface area contributed by atoms with Crippen LogP contribution in [-0.4, -0.2) is 13.1 Å². The zero-order valence-corrected chi connectivity index (χ0v) is 12.4. The van der Waals surface area contributed by atoms with Crippen LogP contribution in [0.5, 0.6) is 0 Å². The average Bonchev–Trinajstić information content (AvgIpc) is 2.48. The van der Waals surface area contributed by atoms with E-state index in [1.165, 1.54) is 28.7 Å². The summed E-state index contributed by atoms with van der Waals surface area (Å²) >= 11 is 0. The van der Waals surface area contributed by atoms with E-state index in [9.17, 15) is 0 Å². The van der Waals surface area contributed by atoms with Gasteiger partial charge in [-0.3, -0.25) is 0 Å². The van der Waals surface area contributed by atoms with Crippen LogP contribution in [0.25, 0.3) is 0 Å². The van der Waals surface area contributed by atoms with E-state index in [1.54, 1.807) is 0 Å². The number of benzene rings is 2. The lowest BCUT2D eigenvalue weighted by molar-refractivity contribution is 0.422. The third-order valence-electron chi connectivity index (χ3n) is 4.64. The Morgan fingerprint density at radius 1 is 1.05 bits per heavy atom. The summed E-state index contributed by atoms with van der Waals surface area (Å²) in [5, 5.41) is 3.52. The van der Waals surface area contributed by atoms with Gasteiger partial charge >= 0.3 is 0 Å². The second-order valence-electron chi connectivity index (χ2n) is 5.78. The summed E-state index contributed by atoms with van der Waals surface area (Å²) in [7, 11) is 2.09. The summed E-state index contributed by atoms with van der Waals surface area (Å²) in [6, 6.07) is 18.5. The fraction of sp³-hybridized carbons (Fsp3) is 0.368. The number of likely N-dealkylation sites (N-methyl/N-ethyl adjacent to an activating group) is 1. The number of nitrogens with one attached hydrogen (secondary N) is 1. The minimum atomic E-state index is 0.539. The number of rotatable bonds is 5. The van der Waals surface area contributed by atoms with Crippen LogP contribution in [0.2, 0.25) is 0 Å². The summed E-state index contributed by atoms with van der Waals surface area (Å²) in [5.74, 6) is 0.669. The fourth-order valence-electron chi connectivity index (χ4n) is 3.27. The van der Waals surface area contributed by atoms with Crippen LogP contribution in [-0.2, 0) is 19.3 Å². The van der Waals surface area contributed by atoms with Gasteiger partial charge in [-0.1, -0.05) is 55.5 Å². The van der Waals surface area contributed by atoms with E-state index in [4.69, 9.17) is 0 Å². The van der Waals surface area contributed by atoms with Crippen LogP contribution in [0.4, 0.5) is 0 Å². The second-order valence-corrected chi connectivity index (χ2v) is 5.78. The quantitative estimate of drug-likeness (QED) is 0.869.